The molecule has 18 heavy (non-hydrogen) atoms. The van der Waals surface area contributed by atoms with Crippen molar-refractivity contribution in [2.75, 3.05) is 5.32 Å². The van der Waals surface area contributed by atoms with E-state index in [1.54, 1.807) is 0 Å². The molecule has 1 heterocycles. The summed E-state index contributed by atoms with van der Waals surface area (Å²) in [7, 11) is 0. The minimum Gasteiger partial charge on any atom is -0.477 e. The molecule has 0 atom stereocenters. The Hall–Kier alpha value is -2.21. The molecular formula is C12H8FNO3S. The Morgan fingerprint density at radius 1 is 1.11 bits per heavy atom. The first-order chi connectivity index (χ1) is 8.56. The van der Waals surface area contributed by atoms with Crippen LogP contribution in [0.2, 0.25) is 0 Å². The normalized spacial score (nSPS) is 10.1. The van der Waals surface area contributed by atoms with Crippen molar-refractivity contribution in [3.05, 3.63) is 52.7 Å². The van der Waals surface area contributed by atoms with Crippen molar-refractivity contribution in [2.45, 2.75) is 0 Å². The molecule has 0 saturated carbocycles. The van der Waals surface area contributed by atoms with Gasteiger partial charge in [-0.15, -0.1) is 11.3 Å². The zero-order valence-electron chi connectivity index (χ0n) is 9.01. The maximum Gasteiger partial charge on any atom is 0.345 e. The van der Waals surface area contributed by atoms with Crippen molar-refractivity contribution in [3.63, 3.8) is 0 Å². The zero-order chi connectivity index (χ0) is 13.1. The first-order valence-corrected chi connectivity index (χ1v) is 5.78. The minimum absolute atomic E-state index is 0.143. The molecule has 0 aliphatic carbocycles. The monoisotopic (exact) mass is 265 g/mol. The van der Waals surface area contributed by atoms with Crippen molar-refractivity contribution in [2.24, 2.45) is 0 Å². The van der Waals surface area contributed by atoms with Gasteiger partial charge in [-0.05, 0) is 36.4 Å². The van der Waals surface area contributed by atoms with Crippen molar-refractivity contribution in [1.29, 1.82) is 0 Å². The van der Waals surface area contributed by atoms with E-state index in [0.717, 1.165) is 11.3 Å². The molecule has 0 radical (unpaired) electrons. The fourth-order valence-electron chi connectivity index (χ4n) is 1.31. The minimum atomic E-state index is -1.04. The van der Waals surface area contributed by atoms with Gasteiger partial charge in [0.05, 0.1) is 5.00 Å². The van der Waals surface area contributed by atoms with Crippen LogP contribution >= 0.6 is 11.3 Å². The van der Waals surface area contributed by atoms with Crippen molar-refractivity contribution < 1.29 is 19.1 Å². The summed E-state index contributed by atoms with van der Waals surface area (Å²) >= 11 is 0.962. The lowest BCUT2D eigenvalue weighted by Gasteiger charge is -2.01. The number of carboxylic acids is 1. The molecule has 2 aromatic rings. The van der Waals surface area contributed by atoms with Gasteiger partial charge < -0.3 is 10.4 Å². The molecule has 0 aliphatic heterocycles. The fraction of sp³-hybridized carbons (Fsp3) is 0. The number of thiophene rings is 1. The number of rotatable bonds is 3. The number of halogens is 1. The van der Waals surface area contributed by atoms with Gasteiger partial charge in [-0.3, -0.25) is 4.79 Å². The van der Waals surface area contributed by atoms with E-state index in [2.05, 4.69) is 5.32 Å². The molecule has 0 aliphatic rings. The van der Waals surface area contributed by atoms with Gasteiger partial charge in [0.2, 0.25) is 0 Å². The Labute approximate surface area is 106 Å². The Bertz CT molecular complexity index is 592. The van der Waals surface area contributed by atoms with E-state index in [4.69, 9.17) is 5.11 Å². The maximum absolute atomic E-state index is 12.7. The predicted octanol–water partition coefficient (Wildman–Crippen LogP) is 2.84. The van der Waals surface area contributed by atoms with Crippen molar-refractivity contribution >= 4 is 28.2 Å². The van der Waals surface area contributed by atoms with E-state index in [9.17, 15) is 14.0 Å². The molecule has 2 rings (SSSR count). The topological polar surface area (TPSA) is 66.4 Å². The number of carboxylic acid groups (broad SMARTS) is 1. The second kappa shape index (κ2) is 4.97. The van der Waals surface area contributed by atoms with E-state index in [1.807, 2.05) is 0 Å². The third-order valence-corrected chi connectivity index (χ3v) is 3.15. The average Bonchev–Trinajstić information content (AvgIpc) is 2.78. The van der Waals surface area contributed by atoms with Crippen molar-refractivity contribution in [1.82, 2.24) is 0 Å². The summed E-state index contributed by atoms with van der Waals surface area (Å²) in [5, 5.41) is 11.7. The number of hydrogen-bond acceptors (Lipinski definition) is 3. The number of aromatic carboxylic acids is 1. The summed E-state index contributed by atoms with van der Waals surface area (Å²) in [4.78, 5) is 22.5. The van der Waals surface area contributed by atoms with Gasteiger partial charge in [0.25, 0.3) is 5.91 Å². The van der Waals surface area contributed by atoms with Gasteiger partial charge in [0.1, 0.15) is 10.7 Å². The van der Waals surface area contributed by atoms with Crippen LogP contribution in [0.4, 0.5) is 9.39 Å². The molecule has 0 spiro atoms. The van der Waals surface area contributed by atoms with Gasteiger partial charge in [-0.2, -0.15) is 0 Å². The largest absolute Gasteiger partial charge is 0.477 e. The highest BCUT2D eigenvalue weighted by Crippen LogP contribution is 2.22. The van der Waals surface area contributed by atoms with Crippen LogP contribution in [0.5, 0.6) is 0 Å². The highest BCUT2D eigenvalue weighted by molar-refractivity contribution is 7.18. The molecule has 92 valence electrons. The van der Waals surface area contributed by atoms with Gasteiger partial charge in [0, 0.05) is 5.56 Å². The number of carbonyl (C=O) groups is 2. The second-order valence-electron chi connectivity index (χ2n) is 3.43. The first kappa shape index (κ1) is 12.3. The zero-order valence-corrected chi connectivity index (χ0v) is 9.83. The molecule has 0 unspecified atom stereocenters. The molecule has 6 heteroatoms. The van der Waals surface area contributed by atoms with Gasteiger partial charge in [-0.25, -0.2) is 9.18 Å². The molecule has 1 aromatic heterocycles. The van der Waals surface area contributed by atoms with E-state index in [-0.39, 0.29) is 4.88 Å². The third kappa shape index (κ3) is 2.72. The van der Waals surface area contributed by atoms with Crippen LogP contribution < -0.4 is 5.32 Å². The molecule has 4 nitrogen and oxygen atoms in total. The smallest absolute Gasteiger partial charge is 0.345 e. The Morgan fingerprint density at radius 2 is 1.78 bits per heavy atom. The second-order valence-corrected chi connectivity index (χ2v) is 4.51. The van der Waals surface area contributed by atoms with Crippen LogP contribution in [0.15, 0.2) is 36.4 Å². The van der Waals surface area contributed by atoms with Crippen LogP contribution in [0.1, 0.15) is 20.0 Å². The highest BCUT2D eigenvalue weighted by atomic mass is 32.1. The van der Waals surface area contributed by atoms with Gasteiger partial charge in [-0.1, -0.05) is 0 Å². The average molecular weight is 265 g/mol. The number of amides is 1. The number of anilines is 1. The molecule has 0 saturated heterocycles. The molecule has 1 amide bonds. The summed E-state index contributed by atoms with van der Waals surface area (Å²) in [5.74, 6) is -1.87. The highest BCUT2D eigenvalue weighted by Gasteiger charge is 2.10. The molecular weight excluding hydrogens is 257 g/mol. The van der Waals surface area contributed by atoms with Crippen LogP contribution in [0.3, 0.4) is 0 Å². The molecule has 0 bridgehead atoms. The van der Waals surface area contributed by atoms with Crippen molar-refractivity contribution in [3.8, 4) is 0 Å². The summed E-state index contributed by atoms with van der Waals surface area (Å²) < 4.78 is 12.7. The summed E-state index contributed by atoms with van der Waals surface area (Å²) in [6.07, 6.45) is 0. The summed E-state index contributed by atoms with van der Waals surface area (Å²) in [6, 6.07) is 8.01. The lowest BCUT2D eigenvalue weighted by molar-refractivity contribution is 0.0702. The third-order valence-electron chi connectivity index (χ3n) is 2.16. The standard InChI is InChI=1S/C12H8FNO3S/c13-8-3-1-7(2-4-8)11(15)14-10-6-5-9(18-10)12(16)17/h1-6H,(H,14,15)(H,16,17). The number of carbonyl (C=O) groups excluding carboxylic acids is 1. The Kier molecular flexibility index (Phi) is 3.38. The molecule has 0 fully saturated rings. The summed E-state index contributed by atoms with van der Waals surface area (Å²) in [5.41, 5.74) is 0.307. The van der Waals surface area contributed by atoms with Gasteiger partial charge in [0.15, 0.2) is 0 Å². The molecule has 1 aromatic carbocycles. The quantitative estimate of drug-likeness (QED) is 0.896. The Balaban J connectivity index is 2.11. The Morgan fingerprint density at radius 3 is 2.33 bits per heavy atom. The number of nitrogens with one attached hydrogen (secondary N) is 1. The lowest BCUT2D eigenvalue weighted by atomic mass is 10.2. The summed E-state index contributed by atoms with van der Waals surface area (Å²) in [6.45, 7) is 0. The van der Waals surface area contributed by atoms with Crippen LogP contribution in [-0.2, 0) is 0 Å². The van der Waals surface area contributed by atoms with E-state index < -0.39 is 17.7 Å². The van der Waals surface area contributed by atoms with E-state index in [0.29, 0.717) is 10.6 Å². The van der Waals surface area contributed by atoms with E-state index in [1.165, 1.54) is 36.4 Å². The SMILES string of the molecule is O=C(Nc1ccc(C(=O)O)s1)c1ccc(F)cc1. The van der Waals surface area contributed by atoms with Crippen LogP contribution in [0.25, 0.3) is 0 Å². The predicted molar refractivity (Wildman–Crippen MR) is 65.6 cm³/mol. The van der Waals surface area contributed by atoms with Crippen LogP contribution in [0, 0.1) is 5.82 Å². The fourth-order valence-corrected chi connectivity index (χ4v) is 2.05. The maximum atomic E-state index is 12.7. The van der Waals surface area contributed by atoms with Gasteiger partial charge >= 0.3 is 5.97 Å². The van der Waals surface area contributed by atoms with Crippen LogP contribution in [-0.4, -0.2) is 17.0 Å². The lowest BCUT2D eigenvalue weighted by Crippen LogP contribution is -2.10. The number of benzene rings is 1. The first-order valence-electron chi connectivity index (χ1n) is 4.96. The van der Waals surface area contributed by atoms with E-state index >= 15 is 0 Å². The molecule has 2 N–H and O–H groups in total. The number of hydrogen-bond donors (Lipinski definition) is 2.